The highest BCUT2D eigenvalue weighted by Gasteiger charge is 2.19. The number of aromatic nitrogens is 2. The van der Waals surface area contributed by atoms with Crippen LogP contribution in [0.15, 0.2) is 18.7 Å². The zero-order chi connectivity index (χ0) is 10.7. The molecule has 0 unspecified atom stereocenters. The third kappa shape index (κ3) is 3.06. The molecule has 0 amide bonds. The van der Waals surface area contributed by atoms with Gasteiger partial charge in [0.1, 0.15) is 12.4 Å². The fraction of sp³-hybridized carbons (Fsp3) is 0.750. The number of imidazole rings is 1. The van der Waals surface area contributed by atoms with Crippen molar-refractivity contribution in [3.63, 3.8) is 0 Å². The molecule has 0 N–H and O–H groups in total. The lowest BCUT2D eigenvalue weighted by atomic mass is 9.89. The number of hydrogen-bond acceptors (Lipinski definition) is 1. The zero-order valence-electron chi connectivity index (χ0n) is 9.72. The quantitative estimate of drug-likeness (QED) is 0.695. The fourth-order valence-electron chi connectivity index (χ4n) is 2.17. The Morgan fingerprint density at radius 2 is 2.07 bits per heavy atom. The number of rotatable bonds is 3. The predicted octanol–water partition coefficient (Wildman–Crippen LogP) is 1.87. The van der Waals surface area contributed by atoms with E-state index in [-0.39, 0.29) is 0 Å². The van der Waals surface area contributed by atoms with Crippen LogP contribution in [-0.4, -0.2) is 10.7 Å². The van der Waals surface area contributed by atoms with Crippen LogP contribution < -0.4 is 4.57 Å². The summed E-state index contributed by atoms with van der Waals surface area (Å²) in [6.07, 6.45) is 11.7. The van der Waals surface area contributed by atoms with Gasteiger partial charge in [0.2, 0.25) is 6.33 Å². The summed E-state index contributed by atoms with van der Waals surface area (Å²) in [5.41, 5.74) is 0. The summed E-state index contributed by atoms with van der Waals surface area (Å²) in [5.74, 6) is 0.897. The highest BCUT2D eigenvalue weighted by molar-refractivity contribution is 4.70. The lowest BCUT2D eigenvalue weighted by Crippen LogP contribution is -2.25. The Balaban J connectivity index is 1.74. The minimum Gasteiger partial charge on any atom is -0.338 e. The minimum absolute atomic E-state index is 0.480. The second-order valence-corrected chi connectivity index (χ2v) is 4.77. The third-order valence-electron chi connectivity index (χ3n) is 3.25. The number of ether oxygens (including phenoxy) is 1. The largest absolute Gasteiger partial charge is 0.338 e. The van der Waals surface area contributed by atoms with Crippen LogP contribution in [0.2, 0.25) is 0 Å². The molecule has 1 aromatic rings. The molecule has 0 aliphatic heterocycles. The molecule has 0 spiro atoms. The van der Waals surface area contributed by atoms with Crippen molar-refractivity contribution in [2.75, 3.05) is 0 Å². The van der Waals surface area contributed by atoms with Gasteiger partial charge in [-0.2, -0.15) is 0 Å². The van der Waals surface area contributed by atoms with Gasteiger partial charge in [0.15, 0.2) is 6.73 Å². The fourth-order valence-corrected chi connectivity index (χ4v) is 2.17. The number of hydrogen-bond donors (Lipinski definition) is 0. The first-order chi connectivity index (χ1) is 7.24. The first kappa shape index (κ1) is 10.7. The SMILES string of the molecule is CC1CCC(OCn2cc[n+](C)c2)CC1. The third-order valence-corrected chi connectivity index (χ3v) is 3.25. The van der Waals surface area contributed by atoms with Crippen LogP contribution >= 0.6 is 0 Å². The monoisotopic (exact) mass is 209 g/mol. The maximum atomic E-state index is 5.88. The normalized spacial score (nSPS) is 26.8. The van der Waals surface area contributed by atoms with E-state index in [1.165, 1.54) is 25.7 Å². The molecule has 0 radical (unpaired) electrons. The van der Waals surface area contributed by atoms with E-state index < -0.39 is 0 Å². The Labute approximate surface area is 91.7 Å². The van der Waals surface area contributed by atoms with Crippen molar-refractivity contribution in [1.82, 2.24) is 4.57 Å². The van der Waals surface area contributed by atoms with Gasteiger partial charge in [-0.1, -0.05) is 6.92 Å². The van der Waals surface area contributed by atoms with Gasteiger partial charge in [-0.3, -0.25) is 0 Å². The van der Waals surface area contributed by atoms with Crippen LogP contribution in [0.4, 0.5) is 0 Å². The summed E-state index contributed by atoms with van der Waals surface area (Å²) >= 11 is 0. The molecule has 1 fully saturated rings. The molecule has 3 nitrogen and oxygen atoms in total. The molecule has 1 aromatic heterocycles. The summed E-state index contributed by atoms with van der Waals surface area (Å²) in [7, 11) is 2.03. The Morgan fingerprint density at radius 1 is 1.33 bits per heavy atom. The molecule has 2 rings (SSSR count). The molecule has 84 valence electrons. The van der Waals surface area contributed by atoms with E-state index >= 15 is 0 Å². The minimum atomic E-state index is 0.480. The van der Waals surface area contributed by atoms with Crippen molar-refractivity contribution in [1.29, 1.82) is 0 Å². The van der Waals surface area contributed by atoms with Crippen LogP contribution in [0.3, 0.4) is 0 Å². The van der Waals surface area contributed by atoms with E-state index in [4.69, 9.17) is 4.74 Å². The number of aryl methyl sites for hydroxylation is 1. The summed E-state index contributed by atoms with van der Waals surface area (Å²) in [6.45, 7) is 3.03. The molecule has 0 saturated heterocycles. The highest BCUT2D eigenvalue weighted by Crippen LogP contribution is 2.25. The molecular weight excluding hydrogens is 188 g/mol. The molecule has 1 aliphatic rings. The van der Waals surface area contributed by atoms with Crippen molar-refractivity contribution in [2.24, 2.45) is 13.0 Å². The van der Waals surface area contributed by atoms with Gasteiger partial charge in [0.05, 0.1) is 13.2 Å². The summed E-state index contributed by atoms with van der Waals surface area (Å²) < 4.78 is 10.00. The van der Waals surface area contributed by atoms with E-state index in [9.17, 15) is 0 Å². The van der Waals surface area contributed by atoms with Crippen molar-refractivity contribution in [3.8, 4) is 0 Å². The lowest BCUT2D eigenvalue weighted by Gasteiger charge is -2.25. The van der Waals surface area contributed by atoms with Crippen LogP contribution in [0.1, 0.15) is 32.6 Å². The Hall–Kier alpha value is -0.830. The molecule has 3 heteroatoms. The van der Waals surface area contributed by atoms with E-state index in [0.29, 0.717) is 12.8 Å². The molecule has 0 bridgehead atoms. The molecule has 1 saturated carbocycles. The van der Waals surface area contributed by atoms with E-state index in [2.05, 4.69) is 11.5 Å². The van der Waals surface area contributed by atoms with Gasteiger partial charge >= 0.3 is 0 Å². The topological polar surface area (TPSA) is 18.0 Å². The number of nitrogens with zero attached hydrogens (tertiary/aromatic N) is 2. The zero-order valence-corrected chi connectivity index (χ0v) is 9.72. The molecule has 1 aliphatic carbocycles. The molecular formula is C12H21N2O+. The Bertz CT molecular complexity index is 300. The smallest absolute Gasteiger partial charge is 0.245 e. The van der Waals surface area contributed by atoms with E-state index in [1.54, 1.807) is 0 Å². The first-order valence-corrected chi connectivity index (χ1v) is 5.86. The van der Waals surface area contributed by atoms with Crippen molar-refractivity contribution in [2.45, 2.75) is 45.4 Å². The van der Waals surface area contributed by atoms with Gasteiger partial charge < -0.3 is 4.74 Å². The molecule has 0 atom stereocenters. The summed E-state index contributed by atoms with van der Waals surface area (Å²) in [4.78, 5) is 0. The Kier molecular flexibility index (Phi) is 3.41. The van der Waals surface area contributed by atoms with Gasteiger partial charge in [0.25, 0.3) is 0 Å². The van der Waals surface area contributed by atoms with Crippen molar-refractivity contribution < 1.29 is 9.30 Å². The lowest BCUT2D eigenvalue weighted by molar-refractivity contribution is -0.671. The van der Waals surface area contributed by atoms with Gasteiger partial charge in [-0.05, 0) is 31.6 Å². The first-order valence-electron chi connectivity index (χ1n) is 5.86. The van der Waals surface area contributed by atoms with Crippen molar-refractivity contribution >= 4 is 0 Å². The maximum absolute atomic E-state index is 5.88. The predicted molar refractivity (Wildman–Crippen MR) is 58.1 cm³/mol. The second kappa shape index (κ2) is 4.79. The van der Waals surface area contributed by atoms with Crippen LogP contribution in [0.25, 0.3) is 0 Å². The average Bonchev–Trinajstić information content (AvgIpc) is 2.64. The molecule has 15 heavy (non-hydrogen) atoms. The van der Waals surface area contributed by atoms with E-state index in [1.807, 2.05) is 30.3 Å². The molecule has 1 heterocycles. The summed E-state index contributed by atoms with van der Waals surface area (Å²) in [6, 6.07) is 0. The van der Waals surface area contributed by atoms with Crippen molar-refractivity contribution in [3.05, 3.63) is 18.7 Å². The standard InChI is InChI=1S/C12H21N2O/c1-11-3-5-12(6-4-11)15-10-14-8-7-13(2)9-14/h7-9,11-12H,3-6,10H2,1-2H3/q+1. The highest BCUT2D eigenvalue weighted by atomic mass is 16.5. The Morgan fingerprint density at radius 3 is 2.67 bits per heavy atom. The second-order valence-electron chi connectivity index (χ2n) is 4.77. The molecule has 0 aromatic carbocycles. The van der Waals surface area contributed by atoms with Crippen LogP contribution in [0, 0.1) is 5.92 Å². The average molecular weight is 209 g/mol. The van der Waals surface area contributed by atoms with Gasteiger partial charge in [-0.15, -0.1) is 0 Å². The summed E-state index contributed by atoms with van der Waals surface area (Å²) in [5, 5.41) is 0. The maximum Gasteiger partial charge on any atom is 0.245 e. The van der Waals surface area contributed by atoms with E-state index in [0.717, 1.165) is 5.92 Å². The van der Waals surface area contributed by atoms with Gasteiger partial charge in [-0.25, -0.2) is 9.13 Å². The van der Waals surface area contributed by atoms with Gasteiger partial charge in [0, 0.05) is 0 Å². The van der Waals surface area contributed by atoms with Crippen LogP contribution in [-0.2, 0) is 18.5 Å². The van der Waals surface area contributed by atoms with Crippen LogP contribution in [0.5, 0.6) is 0 Å².